The van der Waals surface area contributed by atoms with Crippen LogP contribution in [-0.4, -0.2) is 10.8 Å². The molecule has 3 heteroatoms. The number of hydrogen-bond donors (Lipinski definition) is 0. The molecule has 0 aliphatic carbocycles. The van der Waals surface area contributed by atoms with Crippen LogP contribution >= 0.6 is 0 Å². The fraction of sp³-hybridized carbons (Fsp3) is 0.273. The van der Waals surface area contributed by atoms with Crippen LogP contribution in [0.4, 0.5) is 0 Å². The van der Waals surface area contributed by atoms with Crippen molar-refractivity contribution in [3.63, 3.8) is 0 Å². The molecular formula is C11H11NO2. The normalized spacial score (nSPS) is 11.1. The molecule has 14 heavy (non-hydrogen) atoms. The number of ketones is 1. The zero-order chi connectivity index (χ0) is 10.1. The highest BCUT2D eigenvalue weighted by Gasteiger charge is 2.11. The van der Waals surface area contributed by atoms with E-state index >= 15 is 0 Å². The van der Waals surface area contributed by atoms with E-state index in [0.717, 1.165) is 5.52 Å². The van der Waals surface area contributed by atoms with Crippen molar-refractivity contribution in [1.29, 1.82) is 0 Å². The lowest BCUT2D eigenvalue weighted by molar-refractivity contribution is 0.0939. The van der Waals surface area contributed by atoms with Crippen molar-refractivity contribution in [3.8, 4) is 0 Å². The van der Waals surface area contributed by atoms with E-state index in [1.165, 1.54) is 6.39 Å². The van der Waals surface area contributed by atoms with Gasteiger partial charge in [-0.05, 0) is 18.2 Å². The molecule has 3 nitrogen and oxygen atoms in total. The average Bonchev–Trinajstić information content (AvgIpc) is 2.62. The summed E-state index contributed by atoms with van der Waals surface area (Å²) in [5, 5.41) is 0. The quantitative estimate of drug-likeness (QED) is 0.682. The molecule has 0 saturated heterocycles. The van der Waals surface area contributed by atoms with Gasteiger partial charge in [0.15, 0.2) is 17.8 Å². The van der Waals surface area contributed by atoms with E-state index in [2.05, 4.69) is 4.98 Å². The van der Waals surface area contributed by atoms with Crippen molar-refractivity contribution in [1.82, 2.24) is 4.98 Å². The van der Waals surface area contributed by atoms with Gasteiger partial charge < -0.3 is 4.42 Å². The molecular weight excluding hydrogens is 178 g/mol. The number of carbonyl (C=O) groups is 1. The lowest BCUT2D eigenvalue weighted by atomic mass is 10.0. The lowest BCUT2D eigenvalue weighted by Crippen LogP contribution is -2.06. The standard InChI is InChI=1S/C11H11NO2/c1-7(2)11(13)8-3-4-10-9(5-8)12-6-14-10/h3-7H,1-2H3. The molecule has 0 unspecified atom stereocenters. The van der Waals surface area contributed by atoms with E-state index in [9.17, 15) is 4.79 Å². The maximum absolute atomic E-state index is 11.7. The molecule has 0 saturated carbocycles. The van der Waals surface area contributed by atoms with Crippen molar-refractivity contribution < 1.29 is 9.21 Å². The van der Waals surface area contributed by atoms with Crippen molar-refractivity contribution in [2.75, 3.05) is 0 Å². The third-order valence-electron chi connectivity index (χ3n) is 2.14. The Morgan fingerprint density at radius 1 is 1.43 bits per heavy atom. The summed E-state index contributed by atoms with van der Waals surface area (Å²) in [6.07, 6.45) is 1.38. The van der Waals surface area contributed by atoms with Crippen molar-refractivity contribution in [2.45, 2.75) is 13.8 Å². The molecule has 1 aromatic heterocycles. The summed E-state index contributed by atoms with van der Waals surface area (Å²) in [4.78, 5) is 15.7. The van der Waals surface area contributed by atoms with Gasteiger partial charge in [0.1, 0.15) is 5.52 Å². The van der Waals surface area contributed by atoms with E-state index < -0.39 is 0 Å². The van der Waals surface area contributed by atoms with Crippen LogP contribution in [0.3, 0.4) is 0 Å². The van der Waals surface area contributed by atoms with Gasteiger partial charge in [0, 0.05) is 11.5 Å². The topological polar surface area (TPSA) is 43.1 Å². The first kappa shape index (κ1) is 8.94. The third-order valence-corrected chi connectivity index (χ3v) is 2.14. The summed E-state index contributed by atoms with van der Waals surface area (Å²) in [5.74, 6) is 0.147. The van der Waals surface area contributed by atoms with Gasteiger partial charge in [0.05, 0.1) is 0 Å². The number of nitrogens with zero attached hydrogens (tertiary/aromatic N) is 1. The number of oxazole rings is 1. The Labute approximate surface area is 81.7 Å². The van der Waals surface area contributed by atoms with Crippen molar-refractivity contribution in [3.05, 3.63) is 30.2 Å². The van der Waals surface area contributed by atoms with Gasteiger partial charge in [0.25, 0.3) is 0 Å². The summed E-state index contributed by atoms with van der Waals surface area (Å²) in [6, 6.07) is 5.31. The monoisotopic (exact) mass is 189 g/mol. The lowest BCUT2D eigenvalue weighted by Gasteiger charge is -2.02. The Balaban J connectivity index is 2.48. The number of aromatic nitrogens is 1. The number of carbonyl (C=O) groups excluding carboxylic acids is 1. The van der Waals surface area contributed by atoms with Crippen LogP contribution < -0.4 is 0 Å². The fourth-order valence-electron chi connectivity index (χ4n) is 1.34. The Morgan fingerprint density at radius 2 is 2.21 bits per heavy atom. The molecule has 1 aromatic carbocycles. The fourth-order valence-corrected chi connectivity index (χ4v) is 1.34. The van der Waals surface area contributed by atoms with Crippen LogP contribution in [-0.2, 0) is 0 Å². The van der Waals surface area contributed by atoms with Gasteiger partial charge in [-0.25, -0.2) is 4.98 Å². The van der Waals surface area contributed by atoms with Crippen LogP contribution in [0.1, 0.15) is 24.2 Å². The molecule has 0 N–H and O–H groups in total. The van der Waals surface area contributed by atoms with Gasteiger partial charge in [-0.15, -0.1) is 0 Å². The highest BCUT2D eigenvalue weighted by atomic mass is 16.3. The van der Waals surface area contributed by atoms with Crippen LogP contribution in [0.15, 0.2) is 29.0 Å². The van der Waals surface area contributed by atoms with E-state index in [1.54, 1.807) is 18.2 Å². The highest BCUT2D eigenvalue weighted by molar-refractivity contribution is 5.99. The highest BCUT2D eigenvalue weighted by Crippen LogP contribution is 2.16. The number of benzene rings is 1. The minimum absolute atomic E-state index is 0.0133. The average molecular weight is 189 g/mol. The second-order valence-electron chi connectivity index (χ2n) is 3.55. The summed E-state index contributed by atoms with van der Waals surface area (Å²) in [6.45, 7) is 3.77. The first-order chi connectivity index (χ1) is 6.68. The Kier molecular flexibility index (Phi) is 2.08. The van der Waals surface area contributed by atoms with E-state index in [4.69, 9.17) is 4.42 Å². The summed E-state index contributed by atoms with van der Waals surface area (Å²) >= 11 is 0. The molecule has 72 valence electrons. The molecule has 2 rings (SSSR count). The predicted octanol–water partition coefficient (Wildman–Crippen LogP) is 2.67. The molecule has 1 heterocycles. The molecule has 0 aliphatic rings. The molecule has 0 radical (unpaired) electrons. The second-order valence-corrected chi connectivity index (χ2v) is 3.55. The van der Waals surface area contributed by atoms with Gasteiger partial charge in [-0.1, -0.05) is 13.8 Å². The minimum Gasteiger partial charge on any atom is -0.443 e. The van der Waals surface area contributed by atoms with Gasteiger partial charge in [-0.2, -0.15) is 0 Å². The largest absolute Gasteiger partial charge is 0.443 e. The summed E-state index contributed by atoms with van der Waals surface area (Å²) in [5.41, 5.74) is 2.14. The Morgan fingerprint density at radius 3 is 2.93 bits per heavy atom. The van der Waals surface area contributed by atoms with Gasteiger partial charge >= 0.3 is 0 Å². The zero-order valence-corrected chi connectivity index (χ0v) is 8.15. The number of rotatable bonds is 2. The number of hydrogen-bond acceptors (Lipinski definition) is 3. The zero-order valence-electron chi connectivity index (χ0n) is 8.15. The summed E-state index contributed by atoms with van der Waals surface area (Å²) < 4.78 is 5.09. The Bertz CT molecular complexity index is 471. The first-order valence-electron chi connectivity index (χ1n) is 4.56. The molecule has 0 amide bonds. The molecule has 0 spiro atoms. The SMILES string of the molecule is CC(C)C(=O)c1ccc2ocnc2c1. The second kappa shape index (κ2) is 3.25. The Hall–Kier alpha value is -1.64. The van der Waals surface area contributed by atoms with Crippen LogP contribution in [0.5, 0.6) is 0 Å². The minimum atomic E-state index is 0.0133. The molecule has 0 aliphatic heterocycles. The van der Waals surface area contributed by atoms with Crippen LogP contribution in [0.2, 0.25) is 0 Å². The van der Waals surface area contributed by atoms with Gasteiger partial charge in [-0.3, -0.25) is 4.79 Å². The summed E-state index contributed by atoms with van der Waals surface area (Å²) in [7, 11) is 0. The smallest absolute Gasteiger partial charge is 0.181 e. The van der Waals surface area contributed by atoms with E-state index in [1.807, 2.05) is 13.8 Å². The van der Waals surface area contributed by atoms with Crippen molar-refractivity contribution >= 4 is 16.9 Å². The maximum atomic E-state index is 11.7. The van der Waals surface area contributed by atoms with Gasteiger partial charge in [0.2, 0.25) is 0 Å². The van der Waals surface area contributed by atoms with E-state index in [0.29, 0.717) is 11.1 Å². The number of fused-ring (bicyclic) bond motifs is 1. The first-order valence-corrected chi connectivity index (χ1v) is 4.56. The van der Waals surface area contributed by atoms with Crippen molar-refractivity contribution in [2.24, 2.45) is 5.92 Å². The molecule has 2 aromatic rings. The van der Waals surface area contributed by atoms with Crippen LogP contribution in [0.25, 0.3) is 11.1 Å². The number of Topliss-reactive ketones (excluding diaryl/α,β-unsaturated/α-hetero) is 1. The van der Waals surface area contributed by atoms with E-state index in [-0.39, 0.29) is 11.7 Å². The molecule has 0 bridgehead atoms. The third kappa shape index (κ3) is 1.41. The molecule has 0 fully saturated rings. The van der Waals surface area contributed by atoms with Crippen LogP contribution in [0, 0.1) is 5.92 Å². The maximum Gasteiger partial charge on any atom is 0.181 e. The molecule has 0 atom stereocenters. The predicted molar refractivity (Wildman–Crippen MR) is 53.2 cm³/mol.